The summed E-state index contributed by atoms with van der Waals surface area (Å²) in [6.07, 6.45) is 3.79. The summed E-state index contributed by atoms with van der Waals surface area (Å²) in [4.78, 5) is 0. The van der Waals surface area contributed by atoms with E-state index < -0.39 is 5.54 Å². The average Bonchev–Trinajstić information content (AvgIpc) is 2.77. The van der Waals surface area contributed by atoms with Crippen molar-refractivity contribution in [3.05, 3.63) is 0 Å². The molecule has 15 heavy (non-hydrogen) atoms. The first-order valence-electron chi connectivity index (χ1n) is 5.79. The maximum Gasteiger partial charge on any atom is 0.0830 e. The van der Waals surface area contributed by atoms with Gasteiger partial charge in [-0.1, -0.05) is 6.92 Å². The Morgan fingerprint density at radius 3 is 2.93 bits per heavy atom. The van der Waals surface area contributed by atoms with Crippen molar-refractivity contribution < 1.29 is 14.6 Å². The number of ether oxygens (including phenoxy) is 2. The summed E-state index contributed by atoms with van der Waals surface area (Å²) >= 11 is 0. The summed E-state index contributed by atoms with van der Waals surface area (Å²) in [6.45, 7) is 4.31. The maximum atomic E-state index is 9.11. The zero-order valence-electron chi connectivity index (χ0n) is 9.58. The second-order valence-corrected chi connectivity index (χ2v) is 4.33. The van der Waals surface area contributed by atoms with Gasteiger partial charge < -0.3 is 20.3 Å². The summed E-state index contributed by atoms with van der Waals surface area (Å²) in [6, 6.07) is 0. The Bertz CT molecular complexity index is 165. The molecule has 0 aromatic carbocycles. The highest BCUT2D eigenvalue weighted by Gasteiger charge is 2.21. The first kappa shape index (κ1) is 12.9. The fourth-order valence-corrected chi connectivity index (χ4v) is 1.69. The fourth-order valence-electron chi connectivity index (χ4n) is 1.69. The molecule has 4 heteroatoms. The van der Waals surface area contributed by atoms with Crippen LogP contribution in [0.3, 0.4) is 0 Å². The Kier molecular flexibility index (Phi) is 5.53. The Balaban J connectivity index is 2.04. The second-order valence-electron chi connectivity index (χ2n) is 4.33. The first-order valence-corrected chi connectivity index (χ1v) is 5.79. The van der Waals surface area contributed by atoms with Crippen LogP contribution in [0.25, 0.3) is 0 Å². The van der Waals surface area contributed by atoms with Crippen LogP contribution >= 0.6 is 0 Å². The lowest BCUT2D eigenvalue weighted by Gasteiger charge is -2.25. The molecule has 1 aliphatic heterocycles. The van der Waals surface area contributed by atoms with Crippen LogP contribution in [0.5, 0.6) is 0 Å². The van der Waals surface area contributed by atoms with Crippen LogP contribution in [0.2, 0.25) is 0 Å². The standard InChI is InChI=1S/C11H23NO3/c1-2-11(12,9-13)5-3-6-15-10-4-7-14-8-10/h10,13H,2-9,12H2,1H3. The number of hydrogen-bond donors (Lipinski definition) is 2. The van der Waals surface area contributed by atoms with Crippen molar-refractivity contribution in [2.45, 2.75) is 44.2 Å². The maximum absolute atomic E-state index is 9.11. The minimum Gasteiger partial charge on any atom is -0.394 e. The van der Waals surface area contributed by atoms with Gasteiger partial charge in [-0.15, -0.1) is 0 Å². The topological polar surface area (TPSA) is 64.7 Å². The highest BCUT2D eigenvalue weighted by atomic mass is 16.5. The highest BCUT2D eigenvalue weighted by molar-refractivity contribution is 4.81. The van der Waals surface area contributed by atoms with Crippen molar-refractivity contribution >= 4 is 0 Å². The molecule has 0 aromatic rings. The van der Waals surface area contributed by atoms with E-state index in [1.807, 2.05) is 6.92 Å². The highest BCUT2D eigenvalue weighted by Crippen LogP contribution is 2.14. The number of aliphatic hydroxyl groups excluding tert-OH is 1. The van der Waals surface area contributed by atoms with Crippen LogP contribution < -0.4 is 5.73 Å². The van der Waals surface area contributed by atoms with E-state index in [1.165, 1.54) is 0 Å². The summed E-state index contributed by atoms with van der Waals surface area (Å²) in [5.74, 6) is 0. The quantitative estimate of drug-likeness (QED) is 0.615. The van der Waals surface area contributed by atoms with E-state index in [4.69, 9.17) is 20.3 Å². The van der Waals surface area contributed by atoms with Gasteiger partial charge in [-0.3, -0.25) is 0 Å². The molecular formula is C11H23NO3. The van der Waals surface area contributed by atoms with Gasteiger partial charge >= 0.3 is 0 Å². The van der Waals surface area contributed by atoms with E-state index in [0.717, 1.165) is 38.9 Å². The molecule has 0 aliphatic carbocycles. The lowest BCUT2D eigenvalue weighted by molar-refractivity contribution is 0.0365. The van der Waals surface area contributed by atoms with E-state index in [-0.39, 0.29) is 12.7 Å². The van der Waals surface area contributed by atoms with Gasteiger partial charge in [0.05, 0.1) is 19.3 Å². The lowest BCUT2D eigenvalue weighted by Crippen LogP contribution is -2.43. The van der Waals surface area contributed by atoms with Gasteiger partial charge in [-0.05, 0) is 25.7 Å². The molecule has 0 saturated carbocycles. The van der Waals surface area contributed by atoms with E-state index in [1.54, 1.807) is 0 Å². The molecule has 0 radical (unpaired) electrons. The van der Waals surface area contributed by atoms with Crippen LogP contribution in [0.15, 0.2) is 0 Å². The largest absolute Gasteiger partial charge is 0.394 e. The van der Waals surface area contributed by atoms with E-state index >= 15 is 0 Å². The summed E-state index contributed by atoms with van der Waals surface area (Å²) in [7, 11) is 0. The van der Waals surface area contributed by atoms with Crippen LogP contribution in [0, 0.1) is 0 Å². The number of nitrogens with two attached hydrogens (primary N) is 1. The molecule has 1 heterocycles. The normalized spacial score (nSPS) is 25.4. The van der Waals surface area contributed by atoms with E-state index in [9.17, 15) is 0 Å². The lowest BCUT2D eigenvalue weighted by atomic mass is 9.93. The second kappa shape index (κ2) is 6.43. The molecule has 1 saturated heterocycles. The van der Waals surface area contributed by atoms with Crippen molar-refractivity contribution in [1.29, 1.82) is 0 Å². The monoisotopic (exact) mass is 217 g/mol. The van der Waals surface area contributed by atoms with Gasteiger partial charge in [0.1, 0.15) is 0 Å². The molecule has 2 unspecified atom stereocenters. The molecule has 3 N–H and O–H groups in total. The predicted octanol–water partition coefficient (Wildman–Crippen LogP) is 0.672. The predicted molar refractivity (Wildman–Crippen MR) is 58.7 cm³/mol. The van der Waals surface area contributed by atoms with Crippen LogP contribution in [0.4, 0.5) is 0 Å². The van der Waals surface area contributed by atoms with Gasteiger partial charge in [0, 0.05) is 18.8 Å². The Labute approximate surface area is 91.7 Å². The molecule has 1 fully saturated rings. The summed E-state index contributed by atoms with van der Waals surface area (Å²) in [5, 5.41) is 9.11. The molecule has 1 rings (SSSR count). The minimum atomic E-state index is -0.421. The Morgan fingerprint density at radius 2 is 2.40 bits per heavy atom. The summed E-state index contributed by atoms with van der Waals surface area (Å²) < 4.78 is 10.8. The van der Waals surface area contributed by atoms with E-state index in [0.29, 0.717) is 6.61 Å². The number of hydrogen-bond acceptors (Lipinski definition) is 4. The number of rotatable bonds is 7. The Morgan fingerprint density at radius 1 is 1.60 bits per heavy atom. The van der Waals surface area contributed by atoms with Gasteiger partial charge in [-0.25, -0.2) is 0 Å². The van der Waals surface area contributed by atoms with Crippen LogP contribution in [-0.2, 0) is 9.47 Å². The smallest absolute Gasteiger partial charge is 0.0830 e. The van der Waals surface area contributed by atoms with Crippen LogP contribution in [-0.4, -0.2) is 43.2 Å². The first-order chi connectivity index (χ1) is 7.20. The fraction of sp³-hybridized carbons (Fsp3) is 1.00. The molecule has 90 valence electrons. The van der Waals surface area contributed by atoms with Gasteiger partial charge in [-0.2, -0.15) is 0 Å². The van der Waals surface area contributed by atoms with Crippen molar-refractivity contribution in [1.82, 2.24) is 0 Å². The molecule has 0 aromatic heterocycles. The minimum absolute atomic E-state index is 0.0516. The van der Waals surface area contributed by atoms with E-state index in [2.05, 4.69) is 0 Å². The van der Waals surface area contributed by atoms with Crippen molar-refractivity contribution in [2.75, 3.05) is 26.4 Å². The van der Waals surface area contributed by atoms with Gasteiger partial charge in [0.2, 0.25) is 0 Å². The molecule has 0 bridgehead atoms. The zero-order chi connectivity index (χ0) is 11.1. The average molecular weight is 217 g/mol. The molecule has 1 aliphatic rings. The third kappa shape index (κ3) is 4.47. The Hall–Kier alpha value is -0.160. The number of aliphatic hydroxyl groups is 1. The van der Waals surface area contributed by atoms with Crippen molar-refractivity contribution in [2.24, 2.45) is 5.73 Å². The third-order valence-electron chi connectivity index (χ3n) is 3.08. The van der Waals surface area contributed by atoms with Gasteiger partial charge in [0.25, 0.3) is 0 Å². The molecular weight excluding hydrogens is 194 g/mol. The third-order valence-corrected chi connectivity index (χ3v) is 3.08. The van der Waals surface area contributed by atoms with Crippen molar-refractivity contribution in [3.63, 3.8) is 0 Å². The zero-order valence-corrected chi connectivity index (χ0v) is 9.58. The van der Waals surface area contributed by atoms with Gasteiger partial charge in [0.15, 0.2) is 0 Å². The van der Waals surface area contributed by atoms with Crippen LogP contribution in [0.1, 0.15) is 32.6 Å². The molecule has 0 spiro atoms. The SMILES string of the molecule is CCC(N)(CO)CCCOC1CCOC1. The molecule has 2 atom stereocenters. The summed E-state index contributed by atoms with van der Waals surface area (Å²) in [5.41, 5.74) is 5.54. The molecule has 4 nitrogen and oxygen atoms in total. The van der Waals surface area contributed by atoms with Crippen molar-refractivity contribution in [3.8, 4) is 0 Å². The molecule has 0 amide bonds.